The average molecular weight is 255 g/mol. The first-order chi connectivity index (χ1) is 9.22. The van der Waals surface area contributed by atoms with Crippen molar-refractivity contribution in [3.8, 4) is 17.6 Å². The van der Waals surface area contributed by atoms with Crippen molar-refractivity contribution in [3.05, 3.63) is 47.3 Å². The summed E-state index contributed by atoms with van der Waals surface area (Å²) in [6.45, 7) is 2.99. The van der Waals surface area contributed by atoms with E-state index in [0.717, 1.165) is 22.6 Å². The fourth-order valence-electron chi connectivity index (χ4n) is 1.86. The van der Waals surface area contributed by atoms with Gasteiger partial charge in [0.25, 0.3) is 0 Å². The summed E-state index contributed by atoms with van der Waals surface area (Å²) in [6.07, 6.45) is 1.95. The van der Waals surface area contributed by atoms with Gasteiger partial charge in [0.05, 0.1) is 25.9 Å². The monoisotopic (exact) mass is 255 g/mol. The van der Waals surface area contributed by atoms with E-state index in [9.17, 15) is 0 Å². The second-order valence-electron chi connectivity index (χ2n) is 4.19. The Morgan fingerprint density at radius 3 is 2.84 bits per heavy atom. The number of methoxy groups -OCH3 is 1. The van der Waals surface area contributed by atoms with Crippen molar-refractivity contribution < 1.29 is 4.74 Å². The molecule has 4 heteroatoms. The lowest BCUT2D eigenvalue weighted by molar-refractivity contribution is 0.407. The largest absolute Gasteiger partial charge is 0.496 e. The molecule has 1 aromatic carbocycles. The first-order valence-electron chi connectivity index (χ1n) is 6.09. The van der Waals surface area contributed by atoms with Gasteiger partial charge < -0.3 is 10.5 Å². The molecule has 0 fully saturated rings. The number of aryl methyl sites for hydroxylation is 1. The third-order valence-corrected chi connectivity index (χ3v) is 2.72. The van der Waals surface area contributed by atoms with E-state index in [1.165, 1.54) is 0 Å². The van der Waals surface area contributed by atoms with Crippen molar-refractivity contribution in [1.82, 2.24) is 9.78 Å². The van der Waals surface area contributed by atoms with Gasteiger partial charge in [-0.3, -0.25) is 4.68 Å². The van der Waals surface area contributed by atoms with E-state index in [1.54, 1.807) is 7.11 Å². The van der Waals surface area contributed by atoms with Gasteiger partial charge in [-0.2, -0.15) is 5.10 Å². The molecule has 2 rings (SSSR count). The van der Waals surface area contributed by atoms with Gasteiger partial charge in [-0.1, -0.05) is 11.8 Å². The van der Waals surface area contributed by atoms with Crippen LogP contribution < -0.4 is 10.5 Å². The molecule has 0 spiro atoms. The summed E-state index contributed by atoms with van der Waals surface area (Å²) in [7, 11) is 1.67. The number of aromatic nitrogens is 2. The highest BCUT2D eigenvalue weighted by Gasteiger charge is 2.05. The lowest BCUT2D eigenvalue weighted by atomic mass is 10.1. The molecule has 0 saturated heterocycles. The SMILES string of the molecule is COc1ccc(C#CCN)cc1Cn1ccc(C)n1. The van der Waals surface area contributed by atoms with Crippen LogP contribution in [0.2, 0.25) is 0 Å². The molecule has 2 N–H and O–H groups in total. The molecular formula is C15H17N3O. The quantitative estimate of drug-likeness (QED) is 0.847. The summed E-state index contributed by atoms with van der Waals surface area (Å²) < 4.78 is 7.25. The Hall–Kier alpha value is -2.25. The van der Waals surface area contributed by atoms with Crippen LogP contribution >= 0.6 is 0 Å². The van der Waals surface area contributed by atoms with Crippen LogP contribution in [0.1, 0.15) is 16.8 Å². The van der Waals surface area contributed by atoms with Crippen LogP contribution in [0.3, 0.4) is 0 Å². The number of hydrogen-bond donors (Lipinski definition) is 1. The molecule has 0 aliphatic carbocycles. The molecule has 4 nitrogen and oxygen atoms in total. The van der Waals surface area contributed by atoms with Gasteiger partial charge in [0.1, 0.15) is 5.75 Å². The molecule has 1 heterocycles. The zero-order chi connectivity index (χ0) is 13.7. The standard InChI is InChI=1S/C15H17N3O/c1-12-7-9-18(17-12)11-14-10-13(4-3-8-16)5-6-15(14)19-2/h5-7,9-10H,8,11,16H2,1-2H3. The summed E-state index contributed by atoms with van der Waals surface area (Å²) in [4.78, 5) is 0. The maximum atomic E-state index is 5.38. The Morgan fingerprint density at radius 1 is 1.37 bits per heavy atom. The van der Waals surface area contributed by atoms with Crippen LogP contribution in [0.5, 0.6) is 5.75 Å². The van der Waals surface area contributed by atoms with E-state index in [1.807, 2.05) is 42.1 Å². The molecule has 19 heavy (non-hydrogen) atoms. The minimum Gasteiger partial charge on any atom is -0.496 e. The van der Waals surface area contributed by atoms with E-state index >= 15 is 0 Å². The van der Waals surface area contributed by atoms with Gasteiger partial charge in [-0.05, 0) is 31.2 Å². The van der Waals surface area contributed by atoms with E-state index in [2.05, 4.69) is 16.9 Å². The van der Waals surface area contributed by atoms with Gasteiger partial charge in [-0.15, -0.1) is 0 Å². The minimum absolute atomic E-state index is 0.361. The molecule has 0 aliphatic heterocycles. The predicted molar refractivity (Wildman–Crippen MR) is 75.0 cm³/mol. The highest BCUT2D eigenvalue weighted by molar-refractivity contribution is 5.44. The number of nitrogens with two attached hydrogens (primary N) is 1. The van der Waals surface area contributed by atoms with Gasteiger partial charge in [-0.25, -0.2) is 0 Å². The molecule has 0 unspecified atom stereocenters. The van der Waals surface area contributed by atoms with Crippen LogP contribution in [0.4, 0.5) is 0 Å². The summed E-state index contributed by atoms with van der Waals surface area (Å²) in [6, 6.07) is 7.84. The summed E-state index contributed by atoms with van der Waals surface area (Å²) in [5, 5.41) is 4.38. The summed E-state index contributed by atoms with van der Waals surface area (Å²) in [5.74, 6) is 6.72. The van der Waals surface area contributed by atoms with Gasteiger partial charge in [0.2, 0.25) is 0 Å². The third kappa shape index (κ3) is 3.36. The van der Waals surface area contributed by atoms with Gasteiger partial charge in [0.15, 0.2) is 0 Å². The van der Waals surface area contributed by atoms with Crippen molar-refractivity contribution in [3.63, 3.8) is 0 Å². The Labute approximate surface area is 113 Å². The van der Waals surface area contributed by atoms with Crippen LogP contribution in [-0.4, -0.2) is 23.4 Å². The van der Waals surface area contributed by atoms with E-state index in [4.69, 9.17) is 10.5 Å². The van der Waals surface area contributed by atoms with Crippen molar-refractivity contribution in [1.29, 1.82) is 0 Å². The average Bonchev–Trinajstić information content (AvgIpc) is 2.82. The second kappa shape index (κ2) is 6.07. The number of rotatable bonds is 3. The minimum atomic E-state index is 0.361. The van der Waals surface area contributed by atoms with Crippen molar-refractivity contribution in [2.75, 3.05) is 13.7 Å². The van der Waals surface area contributed by atoms with E-state index in [0.29, 0.717) is 13.1 Å². The predicted octanol–water partition coefficient (Wildman–Crippen LogP) is 1.56. The number of ether oxygens (including phenoxy) is 1. The number of benzene rings is 1. The van der Waals surface area contributed by atoms with Crippen molar-refractivity contribution in [2.45, 2.75) is 13.5 Å². The number of nitrogens with zero attached hydrogens (tertiary/aromatic N) is 2. The van der Waals surface area contributed by atoms with E-state index in [-0.39, 0.29) is 0 Å². The molecule has 0 saturated carbocycles. The Kier molecular flexibility index (Phi) is 4.22. The Balaban J connectivity index is 2.30. The maximum Gasteiger partial charge on any atom is 0.124 e. The Morgan fingerprint density at radius 2 is 2.21 bits per heavy atom. The topological polar surface area (TPSA) is 53.1 Å². The molecule has 0 radical (unpaired) electrons. The highest BCUT2D eigenvalue weighted by Crippen LogP contribution is 2.20. The lowest BCUT2D eigenvalue weighted by Crippen LogP contribution is -2.03. The van der Waals surface area contributed by atoms with Gasteiger partial charge >= 0.3 is 0 Å². The normalized spacial score (nSPS) is 9.84. The molecule has 0 amide bonds. The zero-order valence-electron chi connectivity index (χ0n) is 11.2. The number of hydrogen-bond acceptors (Lipinski definition) is 3. The van der Waals surface area contributed by atoms with Gasteiger partial charge in [0, 0.05) is 17.3 Å². The summed E-state index contributed by atoms with van der Waals surface area (Å²) >= 11 is 0. The van der Waals surface area contributed by atoms with E-state index < -0.39 is 0 Å². The van der Waals surface area contributed by atoms with Crippen LogP contribution in [-0.2, 0) is 6.54 Å². The molecule has 1 aromatic heterocycles. The highest BCUT2D eigenvalue weighted by atomic mass is 16.5. The Bertz CT molecular complexity index is 620. The fourth-order valence-corrected chi connectivity index (χ4v) is 1.86. The van der Waals surface area contributed by atoms with Crippen LogP contribution in [0, 0.1) is 18.8 Å². The van der Waals surface area contributed by atoms with Crippen molar-refractivity contribution >= 4 is 0 Å². The molecule has 0 bridgehead atoms. The van der Waals surface area contributed by atoms with Crippen molar-refractivity contribution in [2.24, 2.45) is 5.73 Å². The summed E-state index contributed by atoms with van der Waals surface area (Å²) in [5.41, 5.74) is 8.37. The fraction of sp³-hybridized carbons (Fsp3) is 0.267. The molecule has 2 aromatic rings. The van der Waals surface area contributed by atoms with Crippen LogP contribution in [0.25, 0.3) is 0 Å². The lowest BCUT2D eigenvalue weighted by Gasteiger charge is -2.09. The third-order valence-electron chi connectivity index (χ3n) is 2.72. The smallest absolute Gasteiger partial charge is 0.124 e. The first kappa shape index (κ1) is 13.2. The molecule has 98 valence electrons. The first-order valence-corrected chi connectivity index (χ1v) is 6.09. The maximum absolute atomic E-state index is 5.38. The second-order valence-corrected chi connectivity index (χ2v) is 4.19. The molecule has 0 aliphatic rings. The zero-order valence-corrected chi connectivity index (χ0v) is 11.2. The van der Waals surface area contributed by atoms with Crippen LogP contribution in [0.15, 0.2) is 30.5 Å². The molecule has 0 atom stereocenters. The molecular weight excluding hydrogens is 238 g/mol.